The topological polar surface area (TPSA) is 32.5 Å². The molecule has 2 N–H and O–H groups in total. The van der Waals surface area contributed by atoms with E-state index in [9.17, 15) is 0 Å². The summed E-state index contributed by atoms with van der Waals surface area (Å²) in [5.41, 5.74) is 5.67. The highest BCUT2D eigenvalue weighted by atomic mass is 15.2. The lowest BCUT2D eigenvalue weighted by Crippen LogP contribution is -2.33. The molecular weight excluding hydrogens is 174 g/mol. The first-order valence-corrected chi connectivity index (χ1v) is 5.92. The first-order valence-electron chi connectivity index (χ1n) is 5.92. The van der Waals surface area contributed by atoms with E-state index in [1.807, 2.05) is 0 Å². The van der Waals surface area contributed by atoms with Crippen LogP contribution in [-0.2, 0) is 0 Å². The average Bonchev–Trinajstić information content (AvgIpc) is 2.94. The van der Waals surface area contributed by atoms with Crippen molar-refractivity contribution in [1.82, 2.24) is 9.80 Å². The van der Waals surface area contributed by atoms with E-state index in [0.29, 0.717) is 0 Å². The zero-order valence-electron chi connectivity index (χ0n) is 9.28. The van der Waals surface area contributed by atoms with Gasteiger partial charge in [-0.15, -0.1) is 0 Å². The van der Waals surface area contributed by atoms with Crippen molar-refractivity contribution in [1.29, 1.82) is 0 Å². The van der Waals surface area contributed by atoms with Gasteiger partial charge in [-0.1, -0.05) is 0 Å². The monoisotopic (exact) mass is 197 g/mol. The van der Waals surface area contributed by atoms with Crippen LogP contribution in [0.15, 0.2) is 0 Å². The molecule has 1 saturated heterocycles. The van der Waals surface area contributed by atoms with Gasteiger partial charge in [-0.05, 0) is 45.3 Å². The van der Waals surface area contributed by atoms with Gasteiger partial charge in [-0.2, -0.15) is 0 Å². The third-order valence-corrected chi connectivity index (χ3v) is 3.64. The summed E-state index contributed by atoms with van der Waals surface area (Å²) >= 11 is 0. The summed E-state index contributed by atoms with van der Waals surface area (Å²) in [4.78, 5) is 5.08. The Morgan fingerprint density at radius 2 is 2.14 bits per heavy atom. The quantitative estimate of drug-likeness (QED) is 0.691. The average molecular weight is 197 g/mol. The number of hydrogen-bond acceptors (Lipinski definition) is 3. The molecule has 82 valence electrons. The van der Waals surface area contributed by atoms with Crippen LogP contribution in [0.5, 0.6) is 0 Å². The summed E-state index contributed by atoms with van der Waals surface area (Å²) < 4.78 is 0. The molecule has 0 spiro atoms. The molecule has 0 aromatic heterocycles. The Balaban J connectivity index is 1.61. The molecule has 3 nitrogen and oxygen atoms in total. The van der Waals surface area contributed by atoms with Crippen molar-refractivity contribution in [3.05, 3.63) is 0 Å². The van der Waals surface area contributed by atoms with E-state index in [1.54, 1.807) is 0 Å². The third kappa shape index (κ3) is 2.69. The van der Waals surface area contributed by atoms with E-state index in [4.69, 9.17) is 5.73 Å². The summed E-state index contributed by atoms with van der Waals surface area (Å²) in [5.74, 6) is 0.765. The van der Waals surface area contributed by atoms with Crippen molar-refractivity contribution >= 4 is 0 Å². The molecule has 0 radical (unpaired) electrons. The van der Waals surface area contributed by atoms with Gasteiger partial charge in [0.2, 0.25) is 0 Å². The highest BCUT2D eigenvalue weighted by Crippen LogP contribution is 2.25. The molecule has 0 amide bonds. The van der Waals surface area contributed by atoms with Crippen LogP contribution in [0, 0.1) is 5.92 Å². The molecule has 2 rings (SSSR count). The van der Waals surface area contributed by atoms with Crippen molar-refractivity contribution in [2.75, 3.05) is 39.8 Å². The highest BCUT2D eigenvalue weighted by molar-refractivity contribution is 4.83. The predicted octanol–water partition coefficient (Wildman–Crippen LogP) is 0.361. The van der Waals surface area contributed by atoms with Crippen LogP contribution in [0.1, 0.15) is 19.3 Å². The van der Waals surface area contributed by atoms with E-state index in [-0.39, 0.29) is 0 Å². The Morgan fingerprint density at radius 3 is 2.71 bits per heavy atom. The molecule has 1 aliphatic carbocycles. The van der Waals surface area contributed by atoms with Crippen LogP contribution in [0.25, 0.3) is 0 Å². The lowest BCUT2D eigenvalue weighted by Gasteiger charge is -2.21. The molecule has 0 aromatic carbocycles. The maximum absolute atomic E-state index is 5.67. The number of hydrogen-bond donors (Lipinski definition) is 1. The zero-order valence-corrected chi connectivity index (χ0v) is 9.28. The van der Waals surface area contributed by atoms with Gasteiger partial charge in [-0.3, -0.25) is 0 Å². The number of nitrogens with zero attached hydrogens (tertiary/aromatic N) is 2. The normalized spacial score (nSPS) is 28.9. The van der Waals surface area contributed by atoms with Crippen LogP contribution in [-0.4, -0.2) is 55.6 Å². The molecule has 3 heteroatoms. The second-order valence-corrected chi connectivity index (χ2v) is 4.90. The maximum Gasteiger partial charge on any atom is 0.0109 e. The van der Waals surface area contributed by atoms with Crippen LogP contribution in [0.2, 0.25) is 0 Å². The molecule has 1 atom stereocenters. The molecule has 1 aliphatic heterocycles. The summed E-state index contributed by atoms with van der Waals surface area (Å²) in [5, 5.41) is 0. The summed E-state index contributed by atoms with van der Waals surface area (Å²) in [6.07, 6.45) is 4.15. The fourth-order valence-electron chi connectivity index (χ4n) is 2.31. The van der Waals surface area contributed by atoms with Gasteiger partial charge in [0, 0.05) is 25.7 Å². The first-order chi connectivity index (χ1) is 6.79. The Labute approximate surface area is 87.2 Å². The largest absolute Gasteiger partial charge is 0.330 e. The maximum atomic E-state index is 5.67. The first kappa shape index (κ1) is 10.4. The van der Waals surface area contributed by atoms with E-state index < -0.39 is 0 Å². The van der Waals surface area contributed by atoms with Gasteiger partial charge in [0.15, 0.2) is 0 Å². The summed E-state index contributed by atoms with van der Waals surface area (Å²) in [6.45, 7) is 5.84. The minimum Gasteiger partial charge on any atom is -0.330 e. The van der Waals surface area contributed by atoms with Crippen LogP contribution in [0.3, 0.4) is 0 Å². The van der Waals surface area contributed by atoms with Crippen molar-refractivity contribution in [3.63, 3.8) is 0 Å². The third-order valence-electron chi connectivity index (χ3n) is 3.64. The summed E-state index contributed by atoms with van der Waals surface area (Å²) in [6, 6.07) is 0.905. The highest BCUT2D eigenvalue weighted by Gasteiger charge is 2.27. The SMILES string of the molecule is CN(CCN1CCC(CN)C1)C1CC1. The second-order valence-electron chi connectivity index (χ2n) is 4.90. The lowest BCUT2D eigenvalue weighted by atomic mass is 10.1. The van der Waals surface area contributed by atoms with Gasteiger partial charge in [-0.25, -0.2) is 0 Å². The van der Waals surface area contributed by atoms with Crippen molar-refractivity contribution in [3.8, 4) is 0 Å². The van der Waals surface area contributed by atoms with Gasteiger partial charge < -0.3 is 15.5 Å². The number of rotatable bonds is 5. The molecule has 1 heterocycles. The van der Waals surface area contributed by atoms with E-state index in [0.717, 1.165) is 18.5 Å². The van der Waals surface area contributed by atoms with Crippen molar-refractivity contribution in [2.24, 2.45) is 11.7 Å². The molecule has 1 unspecified atom stereocenters. The Kier molecular flexibility index (Phi) is 3.42. The standard InChI is InChI=1S/C11H23N3/c1-13(11-2-3-11)6-7-14-5-4-10(8-12)9-14/h10-11H,2-9,12H2,1H3. The predicted molar refractivity (Wildman–Crippen MR) is 59.3 cm³/mol. The van der Waals surface area contributed by atoms with E-state index in [2.05, 4.69) is 16.8 Å². The molecule has 14 heavy (non-hydrogen) atoms. The minimum atomic E-state index is 0.765. The number of nitrogens with two attached hydrogens (primary N) is 1. The van der Waals surface area contributed by atoms with Gasteiger partial charge in [0.05, 0.1) is 0 Å². The molecular formula is C11H23N3. The van der Waals surface area contributed by atoms with Gasteiger partial charge in [0.1, 0.15) is 0 Å². The molecule has 1 saturated carbocycles. The van der Waals surface area contributed by atoms with Crippen LogP contribution >= 0.6 is 0 Å². The Bertz CT molecular complexity index is 179. The molecule has 2 fully saturated rings. The van der Waals surface area contributed by atoms with Gasteiger partial charge >= 0.3 is 0 Å². The molecule has 2 aliphatic rings. The fraction of sp³-hybridized carbons (Fsp3) is 1.00. The fourth-order valence-corrected chi connectivity index (χ4v) is 2.31. The number of likely N-dealkylation sites (tertiary alicyclic amines) is 1. The lowest BCUT2D eigenvalue weighted by molar-refractivity contribution is 0.246. The van der Waals surface area contributed by atoms with Gasteiger partial charge in [0.25, 0.3) is 0 Å². The van der Waals surface area contributed by atoms with Crippen molar-refractivity contribution < 1.29 is 0 Å². The van der Waals surface area contributed by atoms with Crippen LogP contribution in [0.4, 0.5) is 0 Å². The minimum absolute atomic E-state index is 0.765. The summed E-state index contributed by atoms with van der Waals surface area (Å²) in [7, 11) is 2.26. The van der Waals surface area contributed by atoms with Crippen molar-refractivity contribution in [2.45, 2.75) is 25.3 Å². The smallest absolute Gasteiger partial charge is 0.0109 e. The number of likely N-dealkylation sites (N-methyl/N-ethyl adjacent to an activating group) is 1. The second kappa shape index (κ2) is 4.60. The molecule has 0 aromatic rings. The van der Waals surface area contributed by atoms with Crippen LogP contribution < -0.4 is 5.73 Å². The molecule has 0 bridgehead atoms. The Hall–Kier alpha value is -0.120. The van der Waals surface area contributed by atoms with E-state index in [1.165, 1.54) is 45.4 Å². The zero-order chi connectivity index (χ0) is 9.97. The Morgan fingerprint density at radius 1 is 1.36 bits per heavy atom. The van der Waals surface area contributed by atoms with E-state index >= 15 is 0 Å².